The van der Waals surface area contributed by atoms with Crippen LogP contribution in [0.4, 0.5) is 11.4 Å². The van der Waals surface area contributed by atoms with Gasteiger partial charge in [-0.15, -0.1) is 0 Å². The van der Waals surface area contributed by atoms with Gasteiger partial charge in [0.25, 0.3) is 0 Å². The zero-order valence-electron chi connectivity index (χ0n) is 9.19. The Labute approximate surface area is 94.0 Å². The van der Waals surface area contributed by atoms with Crippen LogP contribution in [0.15, 0.2) is 18.2 Å². The Balaban J connectivity index is 2.56. The summed E-state index contributed by atoms with van der Waals surface area (Å²) in [4.78, 5) is 24.5. The molecule has 0 radical (unpaired) electrons. The molecule has 1 aromatic carbocycles. The number of aryl methyl sites for hydroxylation is 1. The minimum absolute atomic E-state index is 0.142. The molecular weight excluding hydrogens is 204 g/mol. The van der Waals surface area contributed by atoms with E-state index < -0.39 is 0 Å². The summed E-state index contributed by atoms with van der Waals surface area (Å²) in [5.41, 5.74) is 7.92. The number of benzene rings is 1. The van der Waals surface area contributed by atoms with Crippen LogP contribution >= 0.6 is 0 Å². The maximum Gasteiger partial charge on any atom is 0.233 e. The molecule has 1 aromatic rings. The molecule has 2 N–H and O–H groups in total. The lowest BCUT2D eigenvalue weighted by atomic mass is 10.1. The highest BCUT2D eigenvalue weighted by atomic mass is 16.2. The van der Waals surface area contributed by atoms with Gasteiger partial charge in [-0.3, -0.25) is 14.5 Å². The van der Waals surface area contributed by atoms with Gasteiger partial charge in [0, 0.05) is 19.0 Å². The molecule has 0 saturated carbocycles. The van der Waals surface area contributed by atoms with Gasteiger partial charge < -0.3 is 5.73 Å². The number of carbonyl (C=O) groups is 2. The van der Waals surface area contributed by atoms with E-state index in [1.807, 2.05) is 6.07 Å². The summed E-state index contributed by atoms with van der Waals surface area (Å²) in [6.07, 6.45) is 2.00. The van der Waals surface area contributed by atoms with Gasteiger partial charge >= 0.3 is 0 Å². The Morgan fingerprint density at radius 1 is 1.38 bits per heavy atom. The highest BCUT2D eigenvalue weighted by Crippen LogP contribution is 2.29. The predicted molar refractivity (Wildman–Crippen MR) is 62.0 cm³/mol. The summed E-state index contributed by atoms with van der Waals surface area (Å²) < 4.78 is 0. The van der Waals surface area contributed by atoms with Crippen molar-refractivity contribution in [3.8, 4) is 0 Å². The monoisotopic (exact) mass is 218 g/mol. The second-order valence-corrected chi connectivity index (χ2v) is 3.99. The van der Waals surface area contributed by atoms with E-state index in [4.69, 9.17) is 5.73 Å². The van der Waals surface area contributed by atoms with Gasteiger partial charge in [0.1, 0.15) is 0 Å². The number of rotatable bonds is 0. The van der Waals surface area contributed by atoms with Gasteiger partial charge in [-0.05, 0) is 30.5 Å². The van der Waals surface area contributed by atoms with Gasteiger partial charge in [-0.2, -0.15) is 0 Å². The van der Waals surface area contributed by atoms with Crippen molar-refractivity contribution in [2.75, 3.05) is 10.6 Å². The van der Waals surface area contributed by atoms with E-state index in [0.29, 0.717) is 17.8 Å². The first-order valence-corrected chi connectivity index (χ1v) is 5.31. The summed E-state index contributed by atoms with van der Waals surface area (Å²) in [7, 11) is 0. The molecule has 2 amide bonds. The Bertz CT molecular complexity index is 454. The third kappa shape index (κ3) is 1.78. The first kappa shape index (κ1) is 10.7. The molecule has 0 bridgehead atoms. The third-order valence-corrected chi connectivity index (χ3v) is 2.75. The molecule has 84 valence electrons. The number of imide groups is 1. The predicted octanol–water partition coefficient (Wildman–Crippen LogP) is 1.48. The van der Waals surface area contributed by atoms with Crippen LogP contribution in [0.2, 0.25) is 0 Å². The van der Waals surface area contributed by atoms with Crippen LogP contribution in [-0.2, 0) is 16.0 Å². The molecule has 0 spiro atoms. The summed E-state index contributed by atoms with van der Waals surface area (Å²) in [5.74, 6) is -0.393. The number of fused-ring (bicyclic) bond motifs is 1. The first-order chi connectivity index (χ1) is 7.59. The van der Waals surface area contributed by atoms with Crippen LogP contribution in [0.25, 0.3) is 0 Å². The Morgan fingerprint density at radius 2 is 2.12 bits per heavy atom. The van der Waals surface area contributed by atoms with Crippen LogP contribution in [-0.4, -0.2) is 11.8 Å². The van der Waals surface area contributed by atoms with Crippen LogP contribution < -0.4 is 10.6 Å². The normalized spacial score (nSPS) is 15.6. The van der Waals surface area contributed by atoms with Crippen molar-refractivity contribution in [3.63, 3.8) is 0 Å². The van der Waals surface area contributed by atoms with Crippen LogP contribution in [0.3, 0.4) is 0 Å². The number of hydrogen-bond donors (Lipinski definition) is 1. The van der Waals surface area contributed by atoms with Crippen molar-refractivity contribution in [2.24, 2.45) is 0 Å². The second-order valence-electron chi connectivity index (χ2n) is 3.99. The fourth-order valence-corrected chi connectivity index (χ4v) is 2.02. The highest BCUT2D eigenvalue weighted by Gasteiger charge is 2.25. The molecule has 4 heteroatoms. The highest BCUT2D eigenvalue weighted by molar-refractivity contribution is 6.15. The molecule has 1 heterocycles. The van der Waals surface area contributed by atoms with Crippen molar-refractivity contribution >= 4 is 23.2 Å². The average Bonchev–Trinajstić information content (AvgIpc) is 2.35. The molecule has 1 aliphatic heterocycles. The lowest BCUT2D eigenvalue weighted by Gasteiger charge is -2.19. The number of anilines is 2. The molecule has 0 unspecified atom stereocenters. The molecular formula is C12H14N2O2. The van der Waals surface area contributed by atoms with E-state index >= 15 is 0 Å². The maximum absolute atomic E-state index is 11.8. The van der Waals surface area contributed by atoms with E-state index in [0.717, 1.165) is 18.4 Å². The molecule has 16 heavy (non-hydrogen) atoms. The summed E-state index contributed by atoms with van der Waals surface area (Å²) in [6.45, 7) is 1.40. The third-order valence-electron chi connectivity index (χ3n) is 2.75. The molecule has 0 saturated heterocycles. The van der Waals surface area contributed by atoms with Gasteiger partial charge in [-0.1, -0.05) is 6.07 Å². The molecule has 1 aliphatic rings. The lowest BCUT2D eigenvalue weighted by Crippen LogP contribution is -2.34. The van der Waals surface area contributed by atoms with Crippen LogP contribution in [0.1, 0.15) is 25.3 Å². The van der Waals surface area contributed by atoms with Crippen molar-refractivity contribution in [3.05, 3.63) is 23.8 Å². The number of carbonyl (C=O) groups excluding carboxylic acids is 2. The van der Waals surface area contributed by atoms with Gasteiger partial charge in [0.05, 0.1) is 5.69 Å². The van der Waals surface area contributed by atoms with E-state index in [1.165, 1.54) is 11.8 Å². The van der Waals surface area contributed by atoms with Crippen molar-refractivity contribution in [1.29, 1.82) is 0 Å². The maximum atomic E-state index is 11.8. The summed E-state index contributed by atoms with van der Waals surface area (Å²) in [5, 5.41) is 0. The minimum Gasteiger partial charge on any atom is -0.399 e. The molecule has 0 aromatic heterocycles. The SMILES string of the molecule is CC(=O)N1C(=O)CCCc2ccc(N)cc21. The van der Waals surface area contributed by atoms with Crippen molar-refractivity contribution in [1.82, 2.24) is 0 Å². The molecule has 4 nitrogen and oxygen atoms in total. The van der Waals surface area contributed by atoms with Gasteiger partial charge in [0.2, 0.25) is 11.8 Å². The van der Waals surface area contributed by atoms with Gasteiger partial charge in [0.15, 0.2) is 0 Å². The number of hydrogen-bond acceptors (Lipinski definition) is 3. The van der Waals surface area contributed by atoms with E-state index in [2.05, 4.69) is 0 Å². The van der Waals surface area contributed by atoms with Crippen molar-refractivity contribution in [2.45, 2.75) is 26.2 Å². The van der Waals surface area contributed by atoms with Crippen molar-refractivity contribution < 1.29 is 9.59 Å². The quantitative estimate of drug-likeness (QED) is 0.671. The lowest BCUT2D eigenvalue weighted by molar-refractivity contribution is -0.125. The molecule has 0 atom stereocenters. The number of nitrogens with two attached hydrogens (primary N) is 1. The zero-order chi connectivity index (χ0) is 11.7. The van der Waals surface area contributed by atoms with Crippen LogP contribution in [0, 0.1) is 0 Å². The smallest absolute Gasteiger partial charge is 0.233 e. The number of nitrogens with zero attached hydrogens (tertiary/aromatic N) is 1. The fourth-order valence-electron chi connectivity index (χ4n) is 2.02. The second kappa shape index (κ2) is 3.96. The zero-order valence-corrected chi connectivity index (χ0v) is 9.19. The summed E-state index contributed by atoms with van der Waals surface area (Å²) >= 11 is 0. The molecule has 2 rings (SSSR count). The first-order valence-electron chi connectivity index (χ1n) is 5.31. The standard InChI is InChI=1S/C12H14N2O2/c1-8(15)14-11-7-10(13)6-5-9(11)3-2-4-12(14)16/h5-7H,2-4,13H2,1H3. The Kier molecular flexibility index (Phi) is 2.64. The number of amides is 2. The Morgan fingerprint density at radius 3 is 2.81 bits per heavy atom. The van der Waals surface area contributed by atoms with Crippen LogP contribution in [0.5, 0.6) is 0 Å². The average molecular weight is 218 g/mol. The molecule has 0 fully saturated rings. The van der Waals surface area contributed by atoms with E-state index in [9.17, 15) is 9.59 Å². The number of nitrogen functional groups attached to an aromatic ring is 1. The van der Waals surface area contributed by atoms with Gasteiger partial charge in [-0.25, -0.2) is 0 Å². The van der Waals surface area contributed by atoms with E-state index in [-0.39, 0.29) is 11.8 Å². The van der Waals surface area contributed by atoms with E-state index in [1.54, 1.807) is 12.1 Å². The fraction of sp³-hybridized carbons (Fsp3) is 0.333. The minimum atomic E-state index is -0.251. The molecule has 0 aliphatic carbocycles. The summed E-state index contributed by atoms with van der Waals surface area (Å²) in [6, 6.07) is 5.38. The topological polar surface area (TPSA) is 63.4 Å². The Hall–Kier alpha value is -1.84. The largest absolute Gasteiger partial charge is 0.399 e.